The summed E-state index contributed by atoms with van der Waals surface area (Å²) in [4.78, 5) is 60.9. The first-order chi connectivity index (χ1) is 13.3. The van der Waals surface area contributed by atoms with E-state index in [9.17, 15) is 24.0 Å². The lowest BCUT2D eigenvalue weighted by Gasteiger charge is -2.30. The molecule has 30 heavy (non-hydrogen) atoms. The van der Waals surface area contributed by atoms with E-state index in [1.807, 2.05) is 0 Å². The third-order valence-corrected chi connectivity index (χ3v) is 4.07. The Kier molecular flexibility index (Phi) is 9.03. The zero-order chi connectivity index (χ0) is 24.1. The summed E-state index contributed by atoms with van der Waals surface area (Å²) < 4.78 is 5.27. The Morgan fingerprint density at radius 2 is 0.967 bits per heavy atom. The van der Waals surface area contributed by atoms with Crippen molar-refractivity contribution in [3.63, 3.8) is 0 Å². The van der Waals surface area contributed by atoms with Gasteiger partial charge in [0.2, 0.25) is 23.6 Å². The van der Waals surface area contributed by atoms with E-state index in [0.29, 0.717) is 0 Å². The second kappa shape index (κ2) is 9.90. The highest BCUT2D eigenvalue weighted by molar-refractivity contribution is 6.05. The van der Waals surface area contributed by atoms with Crippen molar-refractivity contribution in [3.05, 3.63) is 0 Å². The molecule has 0 aliphatic heterocycles. The zero-order valence-electron chi connectivity index (χ0n) is 19.6. The largest absolute Gasteiger partial charge is 0.459 e. The van der Waals surface area contributed by atoms with Crippen molar-refractivity contribution in [1.82, 2.24) is 21.3 Å². The van der Waals surface area contributed by atoms with E-state index in [-0.39, 0.29) is 5.91 Å². The molecule has 0 aliphatic rings. The number of carbonyl (C=O) groups excluding carboxylic acids is 5. The molecule has 0 saturated heterocycles. The van der Waals surface area contributed by atoms with Gasteiger partial charge < -0.3 is 26.0 Å². The van der Waals surface area contributed by atoms with E-state index in [2.05, 4.69) is 21.3 Å². The van der Waals surface area contributed by atoms with Crippen molar-refractivity contribution in [2.75, 3.05) is 0 Å². The summed E-state index contributed by atoms with van der Waals surface area (Å²) >= 11 is 0. The molecule has 0 bridgehead atoms. The number of esters is 1. The highest BCUT2D eigenvalue weighted by Gasteiger charge is 2.41. The molecular formula is C20H36N4O6. The highest BCUT2D eigenvalue weighted by Crippen LogP contribution is 2.22. The summed E-state index contributed by atoms with van der Waals surface area (Å²) in [5.74, 6) is -2.90. The van der Waals surface area contributed by atoms with Gasteiger partial charge in [-0.2, -0.15) is 0 Å². The minimum absolute atomic E-state index is 0.325. The predicted octanol–water partition coefficient (Wildman–Crippen LogP) is 0.557. The molecule has 4 amide bonds. The summed E-state index contributed by atoms with van der Waals surface area (Å²) in [6, 6.07) is 0. The van der Waals surface area contributed by atoms with Crippen molar-refractivity contribution in [2.45, 2.75) is 87.2 Å². The van der Waals surface area contributed by atoms with Crippen LogP contribution in [0.4, 0.5) is 0 Å². The number of hydrogen-bond acceptors (Lipinski definition) is 6. The number of rotatable bonds is 8. The van der Waals surface area contributed by atoms with Gasteiger partial charge in [-0.15, -0.1) is 0 Å². The first-order valence-corrected chi connectivity index (χ1v) is 9.74. The Hall–Kier alpha value is -2.65. The van der Waals surface area contributed by atoms with Gasteiger partial charge in [-0.25, -0.2) is 0 Å². The Labute approximate surface area is 178 Å². The minimum atomic E-state index is -1.48. The molecule has 0 aromatic heterocycles. The first kappa shape index (κ1) is 27.4. The zero-order valence-corrected chi connectivity index (χ0v) is 19.6. The van der Waals surface area contributed by atoms with E-state index in [1.54, 1.807) is 27.7 Å². The topological polar surface area (TPSA) is 143 Å². The number of amides is 4. The fourth-order valence-electron chi connectivity index (χ4n) is 2.11. The standard InChI is InChI=1S/C20H36N4O6/c1-11(21-13(3)25)22-14(26)19(7,8)15(27)23-12(2)24-16(28)20(9,10)17(29)30-18(4,5)6/h11-12H,1-10H3,(H,21,25)(H,22,26)(H,23,27)(H,24,28). The van der Waals surface area contributed by atoms with Crippen LogP contribution in [0.25, 0.3) is 0 Å². The smallest absolute Gasteiger partial charge is 0.321 e. The van der Waals surface area contributed by atoms with Gasteiger partial charge in [-0.1, -0.05) is 0 Å². The average Bonchev–Trinajstić information content (AvgIpc) is 2.51. The lowest BCUT2D eigenvalue weighted by atomic mass is 9.90. The lowest BCUT2D eigenvalue weighted by Crippen LogP contribution is -2.58. The molecule has 0 aromatic rings. The van der Waals surface area contributed by atoms with Crippen LogP contribution in [-0.4, -0.2) is 47.5 Å². The van der Waals surface area contributed by atoms with Gasteiger partial charge in [0, 0.05) is 6.92 Å². The maximum atomic E-state index is 12.6. The second-order valence-corrected chi connectivity index (χ2v) is 9.32. The van der Waals surface area contributed by atoms with Crippen LogP contribution < -0.4 is 21.3 Å². The van der Waals surface area contributed by atoms with Crippen LogP contribution in [-0.2, 0) is 28.7 Å². The first-order valence-electron chi connectivity index (χ1n) is 9.74. The normalized spacial score (nSPS) is 14.1. The third-order valence-electron chi connectivity index (χ3n) is 4.07. The molecule has 0 radical (unpaired) electrons. The lowest BCUT2D eigenvalue weighted by molar-refractivity contribution is -0.169. The minimum Gasteiger partial charge on any atom is -0.459 e. The van der Waals surface area contributed by atoms with Crippen molar-refractivity contribution in [3.8, 4) is 0 Å². The fraction of sp³-hybridized carbons (Fsp3) is 0.750. The molecule has 2 unspecified atom stereocenters. The van der Waals surface area contributed by atoms with Gasteiger partial charge in [-0.3, -0.25) is 24.0 Å². The molecule has 0 saturated carbocycles. The monoisotopic (exact) mass is 428 g/mol. The molecule has 4 N–H and O–H groups in total. The summed E-state index contributed by atoms with van der Waals surface area (Å²) in [6.45, 7) is 15.1. The molecule has 0 aromatic carbocycles. The van der Waals surface area contributed by atoms with E-state index in [0.717, 1.165) is 0 Å². The van der Waals surface area contributed by atoms with Crippen molar-refractivity contribution in [2.24, 2.45) is 10.8 Å². The fourth-order valence-corrected chi connectivity index (χ4v) is 2.11. The number of nitrogens with one attached hydrogen (secondary N) is 4. The Morgan fingerprint density at radius 3 is 1.30 bits per heavy atom. The molecule has 0 rings (SSSR count). The maximum absolute atomic E-state index is 12.6. The maximum Gasteiger partial charge on any atom is 0.321 e. The van der Waals surface area contributed by atoms with Crippen molar-refractivity contribution in [1.29, 1.82) is 0 Å². The van der Waals surface area contributed by atoms with E-state index in [4.69, 9.17) is 4.74 Å². The molecule has 0 heterocycles. The molecule has 0 aliphatic carbocycles. The summed E-state index contributed by atoms with van der Waals surface area (Å²) in [5, 5.41) is 10.1. The number of hydrogen-bond donors (Lipinski definition) is 4. The van der Waals surface area contributed by atoms with Gasteiger partial charge in [0.25, 0.3) is 0 Å². The van der Waals surface area contributed by atoms with Crippen LogP contribution >= 0.6 is 0 Å². The van der Waals surface area contributed by atoms with Crippen LogP contribution in [0.2, 0.25) is 0 Å². The van der Waals surface area contributed by atoms with Gasteiger partial charge in [-0.05, 0) is 62.3 Å². The highest BCUT2D eigenvalue weighted by atomic mass is 16.6. The Morgan fingerprint density at radius 1 is 0.633 bits per heavy atom. The van der Waals surface area contributed by atoms with Gasteiger partial charge in [0.1, 0.15) is 16.4 Å². The molecular weight excluding hydrogens is 392 g/mol. The van der Waals surface area contributed by atoms with Crippen LogP contribution in [0.1, 0.15) is 69.2 Å². The third kappa shape index (κ3) is 8.38. The van der Waals surface area contributed by atoms with Gasteiger partial charge in [0.15, 0.2) is 0 Å². The predicted molar refractivity (Wildman–Crippen MR) is 111 cm³/mol. The van der Waals surface area contributed by atoms with E-state index in [1.165, 1.54) is 41.5 Å². The molecule has 0 fully saturated rings. The van der Waals surface area contributed by atoms with Crippen LogP contribution in [0.15, 0.2) is 0 Å². The van der Waals surface area contributed by atoms with Crippen LogP contribution in [0, 0.1) is 10.8 Å². The molecule has 2 atom stereocenters. The van der Waals surface area contributed by atoms with Crippen LogP contribution in [0.3, 0.4) is 0 Å². The number of carbonyl (C=O) groups is 5. The molecule has 10 heteroatoms. The second-order valence-electron chi connectivity index (χ2n) is 9.32. The van der Waals surface area contributed by atoms with Gasteiger partial charge in [0.05, 0.1) is 12.3 Å². The summed E-state index contributed by atoms with van der Waals surface area (Å²) in [7, 11) is 0. The van der Waals surface area contributed by atoms with E-state index < -0.39 is 52.5 Å². The number of ether oxygens (including phenoxy) is 1. The summed E-state index contributed by atoms with van der Waals surface area (Å²) in [5.41, 5.74) is -3.71. The average molecular weight is 429 g/mol. The Bertz CT molecular complexity index is 694. The van der Waals surface area contributed by atoms with Crippen molar-refractivity contribution >= 4 is 29.6 Å². The SMILES string of the molecule is CC(=O)NC(C)NC(=O)C(C)(C)C(=O)NC(C)NC(=O)C(C)(C)C(=O)OC(C)(C)C. The molecule has 172 valence electrons. The molecule has 0 spiro atoms. The van der Waals surface area contributed by atoms with E-state index >= 15 is 0 Å². The quantitative estimate of drug-likeness (QED) is 0.253. The molecule has 10 nitrogen and oxygen atoms in total. The van der Waals surface area contributed by atoms with Gasteiger partial charge >= 0.3 is 5.97 Å². The van der Waals surface area contributed by atoms with Crippen LogP contribution in [0.5, 0.6) is 0 Å². The Balaban J connectivity index is 4.99. The summed E-state index contributed by atoms with van der Waals surface area (Å²) in [6.07, 6.45) is -1.51. The van der Waals surface area contributed by atoms with Crippen molar-refractivity contribution < 1.29 is 28.7 Å².